The Balaban J connectivity index is 2.23. The smallest absolute Gasteiger partial charge is 0.135 e. The zero-order chi connectivity index (χ0) is 14.5. The molecule has 1 aromatic heterocycles. The Labute approximate surface area is 123 Å². The Bertz CT molecular complexity index is 567. The highest BCUT2D eigenvalue weighted by Gasteiger charge is 2.15. The molecule has 0 aliphatic carbocycles. The lowest BCUT2D eigenvalue weighted by atomic mass is 10.1. The quantitative estimate of drug-likeness (QED) is 0.793. The molecule has 0 saturated heterocycles. The molecule has 4 heteroatoms. The Morgan fingerprint density at radius 2 is 2.05 bits per heavy atom. The van der Waals surface area contributed by atoms with Gasteiger partial charge in [-0.15, -0.1) is 0 Å². The summed E-state index contributed by atoms with van der Waals surface area (Å²) in [6.07, 6.45) is 2.03. The molecule has 1 atom stereocenters. The van der Waals surface area contributed by atoms with Crippen molar-refractivity contribution < 1.29 is 8.81 Å². The van der Waals surface area contributed by atoms with Crippen molar-refractivity contribution in [2.75, 3.05) is 6.54 Å². The maximum atomic E-state index is 13.1. The first-order valence-corrected chi connectivity index (χ1v) is 7.32. The number of halogens is 2. The van der Waals surface area contributed by atoms with Gasteiger partial charge < -0.3 is 9.73 Å². The van der Waals surface area contributed by atoms with Crippen molar-refractivity contribution in [3.63, 3.8) is 0 Å². The first kappa shape index (κ1) is 15.1. The van der Waals surface area contributed by atoms with E-state index in [1.165, 1.54) is 12.1 Å². The lowest BCUT2D eigenvalue weighted by molar-refractivity contribution is 0.411. The first-order chi connectivity index (χ1) is 9.65. The second kappa shape index (κ2) is 6.91. The minimum Gasteiger partial charge on any atom is -0.459 e. The maximum Gasteiger partial charge on any atom is 0.135 e. The van der Waals surface area contributed by atoms with E-state index in [1.807, 2.05) is 12.1 Å². The van der Waals surface area contributed by atoms with E-state index in [9.17, 15) is 4.39 Å². The molecule has 20 heavy (non-hydrogen) atoms. The third kappa shape index (κ3) is 3.41. The van der Waals surface area contributed by atoms with Crippen LogP contribution in [0.4, 0.5) is 4.39 Å². The van der Waals surface area contributed by atoms with Crippen molar-refractivity contribution in [2.45, 2.75) is 32.7 Å². The van der Waals surface area contributed by atoms with E-state index in [1.54, 1.807) is 6.07 Å². The molecule has 0 amide bonds. The molecular formula is C16H19ClFNO. The number of rotatable bonds is 6. The molecule has 0 aliphatic heterocycles. The van der Waals surface area contributed by atoms with Crippen molar-refractivity contribution in [1.29, 1.82) is 0 Å². The molecule has 2 nitrogen and oxygen atoms in total. The van der Waals surface area contributed by atoms with Crippen LogP contribution >= 0.6 is 11.6 Å². The first-order valence-electron chi connectivity index (χ1n) is 6.94. The van der Waals surface area contributed by atoms with Gasteiger partial charge in [-0.1, -0.05) is 25.4 Å². The molecule has 108 valence electrons. The minimum atomic E-state index is -0.346. The van der Waals surface area contributed by atoms with E-state index in [4.69, 9.17) is 16.0 Å². The predicted molar refractivity (Wildman–Crippen MR) is 80.4 cm³/mol. The number of nitrogens with one attached hydrogen (secondary N) is 1. The van der Waals surface area contributed by atoms with Crippen LogP contribution in [0.3, 0.4) is 0 Å². The third-order valence-electron chi connectivity index (χ3n) is 3.22. The second-order valence-corrected chi connectivity index (χ2v) is 5.15. The van der Waals surface area contributed by atoms with Crippen LogP contribution in [-0.2, 0) is 0 Å². The summed E-state index contributed by atoms with van der Waals surface area (Å²) in [7, 11) is 0. The van der Waals surface area contributed by atoms with Gasteiger partial charge in [-0.3, -0.25) is 0 Å². The highest BCUT2D eigenvalue weighted by Crippen LogP contribution is 2.32. The van der Waals surface area contributed by atoms with E-state index in [0.717, 1.165) is 25.1 Å². The van der Waals surface area contributed by atoms with Crippen LogP contribution in [0.15, 0.2) is 34.7 Å². The number of benzene rings is 1. The van der Waals surface area contributed by atoms with Gasteiger partial charge in [0, 0.05) is 5.56 Å². The Hall–Kier alpha value is -1.32. The van der Waals surface area contributed by atoms with Gasteiger partial charge in [-0.25, -0.2) is 4.39 Å². The topological polar surface area (TPSA) is 25.2 Å². The monoisotopic (exact) mass is 295 g/mol. The van der Waals surface area contributed by atoms with E-state index < -0.39 is 0 Å². The summed E-state index contributed by atoms with van der Waals surface area (Å²) in [5, 5.41) is 3.80. The van der Waals surface area contributed by atoms with Gasteiger partial charge in [0.25, 0.3) is 0 Å². The molecule has 0 radical (unpaired) electrons. The summed E-state index contributed by atoms with van der Waals surface area (Å²) in [4.78, 5) is 0. The van der Waals surface area contributed by atoms with E-state index in [0.29, 0.717) is 16.3 Å². The minimum absolute atomic E-state index is 0.197. The van der Waals surface area contributed by atoms with Crippen molar-refractivity contribution in [1.82, 2.24) is 5.32 Å². The van der Waals surface area contributed by atoms with Crippen LogP contribution in [0, 0.1) is 5.82 Å². The lowest BCUT2D eigenvalue weighted by Crippen LogP contribution is -2.20. The number of furan rings is 1. The molecule has 0 aliphatic rings. The fourth-order valence-corrected chi connectivity index (χ4v) is 2.40. The molecular weight excluding hydrogens is 277 g/mol. The summed E-state index contributed by atoms with van der Waals surface area (Å²) >= 11 is 6.05. The average molecular weight is 296 g/mol. The van der Waals surface area contributed by atoms with Crippen LogP contribution in [0.1, 0.15) is 38.5 Å². The maximum absolute atomic E-state index is 13.1. The van der Waals surface area contributed by atoms with Crippen molar-refractivity contribution >= 4 is 11.6 Å². The van der Waals surface area contributed by atoms with Gasteiger partial charge in [0.2, 0.25) is 0 Å². The molecule has 1 aromatic carbocycles. The summed E-state index contributed by atoms with van der Waals surface area (Å²) < 4.78 is 18.9. The Kier molecular flexibility index (Phi) is 5.21. The molecule has 1 heterocycles. The zero-order valence-electron chi connectivity index (χ0n) is 11.7. The molecule has 2 aromatic rings. The SMILES string of the molecule is CCCNC(CC)c1ccc(-c2ccc(F)cc2Cl)o1. The summed E-state index contributed by atoms with van der Waals surface area (Å²) in [5.41, 5.74) is 0.713. The Morgan fingerprint density at radius 1 is 1.25 bits per heavy atom. The van der Waals surface area contributed by atoms with Crippen LogP contribution in [0.5, 0.6) is 0 Å². The fraction of sp³-hybridized carbons (Fsp3) is 0.375. The zero-order valence-corrected chi connectivity index (χ0v) is 12.5. The molecule has 1 unspecified atom stereocenters. The van der Waals surface area contributed by atoms with Gasteiger partial charge in [-0.2, -0.15) is 0 Å². The van der Waals surface area contributed by atoms with Crippen LogP contribution in [-0.4, -0.2) is 6.54 Å². The van der Waals surface area contributed by atoms with Gasteiger partial charge in [0.1, 0.15) is 17.3 Å². The average Bonchev–Trinajstić information content (AvgIpc) is 2.89. The summed E-state index contributed by atoms with van der Waals surface area (Å²) in [5.74, 6) is 1.21. The standard InChI is InChI=1S/C16H19ClFNO/c1-3-9-19-14(4-2)16-8-7-15(20-16)12-6-5-11(18)10-13(12)17/h5-8,10,14,19H,3-4,9H2,1-2H3. The van der Waals surface area contributed by atoms with Crippen LogP contribution in [0.2, 0.25) is 5.02 Å². The molecule has 0 fully saturated rings. The van der Waals surface area contributed by atoms with Crippen LogP contribution in [0.25, 0.3) is 11.3 Å². The van der Waals surface area contributed by atoms with E-state index in [-0.39, 0.29) is 11.9 Å². The van der Waals surface area contributed by atoms with E-state index >= 15 is 0 Å². The molecule has 2 rings (SSSR count). The number of hydrogen-bond acceptors (Lipinski definition) is 2. The molecule has 1 N–H and O–H groups in total. The molecule has 0 saturated carbocycles. The van der Waals surface area contributed by atoms with Crippen molar-refractivity contribution in [3.8, 4) is 11.3 Å². The summed E-state index contributed by atoms with van der Waals surface area (Å²) in [6.45, 7) is 5.19. The highest BCUT2D eigenvalue weighted by molar-refractivity contribution is 6.33. The summed E-state index contributed by atoms with van der Waals surface area (Å²) in [6, 6.07) is 8.35. The van der Waals surface area contributed by atoms with Crippen molar-refractivity contribution in [2.24, 2.45) is 0 Å². The van der Waals surface area contributed by atoms with Crippen LogP contribution < -0.4 is 5.32 Å². The number of hydrogen-bond donors (Lipinski definition) is 1. The van der Waals surface area contributed by atoms with Gasteiger partial charge >= 0.3 is 0 Å². The van der Waals surface area contributed by atoms with Gasteiger partial charge in [0.15, 0.2) is 0 Å². The lowest BCUT2D eigenvalue weighted by Gasteiger charge is -2.13. The predicted octanol–water partition coefficient (Wildman–Crippen LogP) is 5.19. The molecule has 0 bridgehead atoms. The normalized spacial score (nSPS) is 12.6. The highest BCUT2D eigenvalue weighted by atomic mass is 35.5. The van der Waals surface area contributed by atoms with Crippen molar-refractivity contribution in [3.05, 3.63) is 46.9 Å². The van der Waals surface area contributed by atoms with Gasteiger partial charge in [0.05, 0.1) is 11.1 Å². The van der Waals surface area contributed by atoms with E-state index in [2.05, 4.69) is 19.2 Å². The second-order valence-electron chi connectivity index (χ2n) is 4.74. The molecule has 0 spiro atoms. The fourth-order valence-electron chi connectivity index (χ4n) is 2.14. The Morgan fingerprint density at radius 3 is 2.70 bits per heavy atom. The van der Waals surface area contributed by atoms with Gasteiger partial charge in [-0.05, 0) is 49.7 Å². The largest absolute Gasteiger partial charge is 0.459 e. The third-order valence-corrected chi connectivity index (χ3v) is 3.53.